The molecule has 0 amide bonds. The van der Waals surface area contributed by atoms with Gasteiger partial charge in [-0.2, -0.15) is 10.1 Å². The van der Waals surface area contributed by atoms with Crippen LogP contribution in [0.2, 0.25) is 5.02 Å². The van der Waals surface area contributed by atoms with E-state index in [1.807, 2.05) is 12.1 Å². The molecule has 4 rings (SSSR count). The number of rotatable bonds is 2. The second-order valence-electron chi connectivity index (χ2n) is 5.66. The van der Waals surface area contributed by atoms with E-state index in [1.54, 1.807) is 12.1 Å². The first-order valence-electron chi connectivity index (χ1n) is 7.49. The molecule has 0 unspecified atom stereocenters. The fraction of sp³-hybridized carbons (Fsp3) is 0.176. The molecule has 1 aliphatic rings. The molecule has 0 bridgehead atoms. The zero-order valence-electron chi connectivity index (χ0n) is 12.5. The van der Waals surface area contributed by atoms with Crippen molar-refractivity contribution in [3.8, 4) is 0 Å². The Hall–Kier alpha value is -2.47. The van der Waals surface area contributed by atoms with Crippen LogP contribution in [0, 0.1) is 11.6 Å². The van der Waals surface area contributed by atoms with Crippen LogP contribution < -0.4 is 5.32 Å². The standard InChI is InChI=1S/C17H13ClF2N4/c18-11-6-4-10(5-7-11)14-8-15(24-17(23-14)21-9-22-24)16-12(19)2-1-3-13(16)20/h1-7,9,14-15H,8H2,(H,21,22,23)/t14-,15+/m1/s1. The highest BCUT2D eigenvalue weighted by Gasteiger charge is 2.33. The summed E-state index contributed by atoms with van der Waals surface area (Å²) in [4.78, 5) is 4.15. The maximum Gasteiger partial charge on any atom is 0.222 e. The molecule has 0 spiro atoms. The van der Waals surface area contributed by atoms with E-state index in [4.69, 9.17) is 11.6 Å². The molecule has 1 N–H and O–H groups in total. The Balaban J connectivity index is 1.78. The van der Waals surface area contributed by atoms with E-state index in [9.17, 15) is 8.78 Å². The predicted octanol–water partition coefficient (Wildman–Crippen LogP) is 4.36. The zero-order chi connectivity index (χ0) is 16.7. The maximum absolute atomic E-state index is 14.3. The second kappa shape index (κ2) is 5.87. The van der Waals surface area contributed by atoms with E-state index in [1.165, 1.54) is 29.2 Å². The first-order valence-corrected chi connectivity index (χ1v) is 7.86. The van der Waals surface area contributed by atoms with Gasteiger partial charge in [-0.25, -0.2) is 13.5 Å². The van der Waals surface area contributed by atoms with E-state index >= 15 is 0 Å². The molecule has 7 heteroatoms. The van der Waals surface area contributed by atoms with Gasteiger partial charge in [-0.05, 0) is 36.2 Å². The minimum atomic E-state index is -0.585. The van der Waals surface area contributed by atoms with Crippen LogP contribution in [0.1, 0.15) is 29.6 Å². The highest BCUT2D eigenvalue weighted by atomic mass is 35.5. The van der Waals surface area contributed by atoms with Gasteiger partial charge in [0.25, 0.3) is 0 Å². The van der Waals surface area contributed by atoms with E-state index in [2.05, 4.69) is 15.4 Å². The van der Waals surface area contributed by atoms with E-state index < -0.39 is 17.7 Å². The summed E-state index contributed by atoms with van der Waals surface area (Å²) < 4.78 is 30.1. The molecule has 0 radical (unpaired) electrons. The molecule has 122 valence electrons. The van der Waals surface area contributed by atoms with Crippen molar-refractivity contribution in [3.63, 3.8) is 0 Å². The van der Waals surface area contributed by atoms with Crippen molar-refractivity contribution in [1.82, 2.24) is 14.8 Å². The third-order valence-corrected chi connectivity index (χ3v) is 4.49. The fourth-order valence-electron chi connectivity index (χ4n) is 3.10. The van der Waals surface area contributed by atoms with Crippen LogP contribution in [0.3, 0.4) is 0 Å². The van der Waals surface area contributed by atoms with Gasteiger partial charge >= 0.3 is 0 Å². The highest BCUT2D eigenvalue weighted by molar-refractivity contribution is 6.30. The molecule has 2 heterocycles. The molecule has 0 saturated carbocycles. The number of nitrogens with zero attached hydrogens (tertiary/aromatic N) is 3. The molecule has 0 fully saturated rings. The molecule has 4 nitrogen and oxygen atoms in total. The van der Waals surface area contributed by atoms with Gasteiger partial charge in [0.2, 0.25) is 5.95 Å². The Morgan fingerprint density at radius 2 is 1.79 bits per heavy atom. The molecule has 1 aromatic heterocycles. The summed E-state index contributed by atoms with van der Waals surface area (Å²) in [5.74, 6) is -0.690. The van der Waals surface area contributed by atoms with Crippen molar-refractivity contribution in [2.45, 2.75) is 18.5 Å². The summed E-state index contributed by atoms with van der Waals surface area (Å²) in [6, 6.07) is 10.5. The van der Waals surface area contributed by atoms with Crippen molar-refractivity contribution in [3.05, 3.63) is 76.6 Å². The highest BCUT2D eigenvalue weighted by Crippen LogP contribution is 2.39. The molecule has 1 aliphatic heterocycles. The first kappa shape index (κ1) is 15.1. The predicted molar refractivity (Wildman–Crippen MR) is 87.0 cm³/mol. The third-order valence-electron chi connectivity index (χ3n) is 4.24. The van der Waals surface area contributed by atoms with Gasteiger partial charge in [-0.1, -0.05) is 29.8 Å². The quantitative estimate of drug-likeness (QED) is 0.750. The lowest BCUT2D eigenvalue weighted by molar-refractivity contribution is 0.398. The summed E-state index contributed by atoms with van der Waals surface area (Å²) in [6.07, 6.45) is 1.81. The zero-order valence-corrected chi connectivity index (χ0v) is 13.2. The van der Waals surface area contributed by atoms with Crippen LogP contribution in [0.4, 0.5) is 14.7 Å². The summed E-state index contributed by atoms with van der Waals surface area (Å²) >= 11 is 5.93. The number of nitrogens with one attached hydrogen (secondary N) is 1. The number of hydrogen-bond acceptors (Lipinski definition) is 3. The first-order chi connectivity index (χ1) is 11.6. The van der Waals surface area contributed by atoms with Gasteiger partial charge in [0, 0.05) is 10.6 Å². The van der Waals surface area contributed by atoms with Crippen molar-refractivity contribution in [1.29, 1.82) is 0 Å². The van der Waals surface area contributed by atoms with Crippen LogP contribution in [0.15, 0.2) is 48.8 Å². The summed E-state index contributed by atoms with van der Waals surface area (Å²) in [7, 11) is 0. The minimum Gasteiger partial charge on any atom is -0.348 e. The molecule has 0 aliphatic carbocycles. The van der Waals surface area contributed by atoms with Gasteiger partial charge in [-0.15, -0.1) is 0 Å². The van der Waals surface area contributed by atoms with Crippen molar-refractivity contribution < 1.29 is 8.78 Å². The fourth-order valence-corrected chi connectivity index (χ4v) is 3.23. The second-order valence-corrected chi connectivity index (χ2v) is 6.10. The molecule has 2 aromatic carbocycles. The Bertz CT molecular complexity index is 858. The third kappa shape index (κ3) is 2.53. The van der Waals surface area contributed by atoms with Gasteiger partial charge in [0.1, 0.15) is 18.0 Å². The smallest absolute Gasteiger partial charge is 0.222 e. The van der Waals surface area contributed by atoms with Crippen LogP contribution >= 0.6 is 11.6 Å². The van der Waals surface area contributed by atoms with E-state index in [0.717, 1.165) is 5.56 Å². The molecule has 0 saturated heterocycles. The number of fused-ring (bicyclic) bond motifs is 1. The molecule has 2 atom stereocenters. The van der Waals surface area contributed by atoms with E-state index in [-0.39, 0.29) is 11.6 Å². The van der Waals surface area contributed by atoms with Crippen molar-refractivity contribution in [2.75, 3.05) is 5.32 Å². The average molecular weight is 347 g/mol. The lowest BCUT2D eigenvalue weighted by Gasteiger charge is -2.32. The SMILES string of the molecule is Fc1cccc(F)c1[C@@H]1C[C@H](c2ccc(Cl)cc2)Nc2ncnn21. The van der Waals surface area contributed by atoms with Crippen molar-refractivity contribution in [2.24, 2.45) is 0 Å². The molecular formula is C17H13ClF2N4. The normalized spacial score (nSPS) is 19.6. The van der Waals surface area contributed by atoms with Crippen LogP contribution in [0.25, 0.3) is 0 Å². The lowest BCUT2D eigenvalue weighted by atomic mass is 9.93. The van der Waals surface area contributed by atoms with Crippen LogP contribution in [-0.4, -0.2) is 14.8 Å². The average Bonchev–Trinajstić information content (AvgIpc) is 3.04. The minimum absolute atomic E-state index is 0.00436. The Morgan fingerprint density at radius 3 is 2.50 bits per heavy atom. The lowest BCUT2D eigenvalue weighted by Crippen LogP contribution is -2.29. The largest absolute Gasteiger partial charge is 0.348 e. The Morgan fingerprint density at radius 1 is 1.08 bits per heavy atom. The van der Waals surface area contributed by atoms with Crippen molar-refractivity contribution >= 4 is 17.5 Å². The Labute approximate surface area is 142 Å². The molecule has 3 aromatic rings. The number of halogens is 3. The van der Waals surface area contributed by atoms with E-state index in [0.29, 0.717) is 17.4 Å². The van der Waals surface area contributed by atoms with Gasteiger partial charge in [0.15, 0.2) is 0 Å². The molecule has 24 heavy (non-hydrogen) atoms. The number of benzene rings is 2. The number of hydrogen-bond donors (Lipinski definition) is 1. The maximum atomic E-state index is 14.3. The summed E-state index contributed by atoms with van der Waals surface area (Å²) in [5.41, 5.74) is 0.972. The molecular weight excluding hydrogens is 334 g/mol. The van der Waals surface area contributed by atoms with Crippen LogP contribution in [0.5, 0.6) is 0 Å². The van der Waals surface area contributed by atoms with Gasteiger partial charge < -0.3 is 5.32 Å². The summed E-state index contributed by atoms with van der Waals surface area (Å²) in [6.45, 7) is 0. The summed E-state index contributed by atoms with van der Waals surface area (Å²) in [5, 5.41) is 8.01. The Kier molecular flexibility index (Phi) is 3.69. The number of anilines is 1. The van der Waals surface area contributed by atoms with Gasteiger partial charge in [0.05, 0.1) is 12.1 Å². The van der Waals surface area contributed by atoms with Gasteiger partial charge in [-0.3, -0.25) is 0 Å². The number of aromatic nitrogens is 3. The topological polar surface area (TPSA) is 42.7 Å². The monoisotopic (exact) mass is 346 g/mol. The van der Waals surface area contributed by atoms with Crippen LogP contribution in [-0.2, 0) is 0 Å².